The second-order valence-corrected chi connectivity index (χ2v) is 3.91. The number of hydrogen-bond donors (Lipinski definition) is 0. The normalized spacial score (nSPS) is 18.9. The first-order valence-corrected chi connectivity index (χ1v) is 6.64. The molecule has 6 heteroatoms. The third-order valence-electron chi connectivity index (χ3n) is 2.42. The van der Waals surface area contributed by atoms with Crippen LogP contribution in [0, 0.1) is 11.8 Å². The number of rotatable bonds is 6. The van der Waals surface area contributed by atoms with Gasteiger partial charge in [-0.2, -0.15) is 0 Å². The van der Waals surface area contributed by atoms with Crippen molar-refractivity contribution in [1.82, 2.24) is 0 Å². The van der Waals surface area contributed by atoms with Crippen LogP contribution in [-0.2, 0) is 28.6 Å². The molecule has 0 aromatic carbocycles. The van der Waals surface area contributed by atoms with Crippen molar-refractivity contribution in [1.29, 1.82) is 0 Å². The summed E-state index contributed by atoms with van der Waals surface area (Å²) in [6.07, 6.45) is 1.72. The second kappa shape index (κ2) is 10.00. The van der Waals surface area contributed by atoms with Crippen LogP contribution in [0.1, 0.15) is 27.2 Å². The summed E-state index contributed by atoms with van der Waals surface area (Å²) >= 11 is 0. The Morgan fingerprint density at radius 1 is 0.950 bits per heavy atom. The SMILES string of the molecule is C=CC(=O)OCC.CCOC(=O)C1CC1C(=O)OCC. The zero-order chi connectivity index (χ0) is 15.5. The van der Waals surface area contributed by atoms with Crippen molar-refractivity contribution in [2.45, 2.75) is 27.2 Å². The topological polar surface area (TPSA) is 78.9 Å². The Morgan fingerprint density at radius 3 is 1.60 bits per heavy atom. The summed E-state index contributed by atoms with van der Waals surface area (Å²) in [5, 5.41) is 0. The van der Waals surface area contributed by atoms with Gasteiger partial charge in [0, 0.05) is 6.08 Å². The molecular weight excluding hydrogens is 264 g/mol. The first-order chi connectivity index (χ1) is 9.51. The molecule has 0 spiro atoms. The molecule has 0 aliphatic heterocycles. The molecule has 114 valence electrons. The van der Waals surface area contributed by atoms with E-state index >= 15 is 0 Å². The van der Waals surface area contributed by atoms with E-state index in [4.69, 9.17) is 9.47 Å². The van der Waals surface area contributed by atoms with E-state index in [-0.39, 0.29) is 29.7 Å². The summed E-state index contributed by atoms with van der Waals surface area (Å²) < 4.78 is 14.0. The zero-order valence-corrected chi connectivity index (χ0v) is 12.2. The van der Waals surface area contributed by atoms with Crippen molar-refractivity contribution in [2.75, 3.05) is 19.8 Å². The zero-order valence-electron chi connectivity index (χ0n) is 12.2. The van der Waals surface area contributed by atoms with E-state index in [2.05, 4.69) is 11.3 Å². The van der Waals surface area contributed by atoms with Gasteiger partial charge in [0.1, 0.15) is 0 Å². The molecule has 0 saturated heterocycles. The number of carbonyl (C=O) groups excluding carboxylic acids is 3. The third-order valence-corrected chi connectivity index (χ3v) is 2.42. The van der Waals surface area contributed by atoms with E-state index in [0.717, 1.165) is 6.08 Å². The lowest BCUT2D eigenvalue weighted by Gasteiger charge is -2.00. The van der Waals surface area contributed by atoms with Gasteiger partial charge in [-0.15, -0.1) is 0 Å². The highest BCUT2D eigenvalue weighted by molar-refractivity contribution is 5.87. The van der Waals surface area contributed by atoms with Gasteiger partial charge in [0.2, 0.25) is 0 Å². The number of esters is 3. The Labute approximate surface area is 119 Å². The maximum Gasteiger partial charge on any atom is 0.330 e. The number of ether oxygens (including phenoxy) is 3. The van der Waals surface area contributed by atoms with Crippen LogP contribution < -0.4 is 0 Å². The van der Waals surface area contributed by atoms with Gasteiger partial charge in [0.05, 0.1) is 31.7 Å². The van der Waals surface area contributed by atoms with Crippen LogP contribution in [0.4, 0.5) is 0 Å². The lowest BCUT2D eigenvalue weighted by Crippen LogP contribution is -2.13. The van der Waals surface area contributed by atoms with Crippen LogP contribution in [0.5, 0.6) is 0 Å². The minimum atomic E-state index is -0.359. The van der Waals surface area contributed by atoms with E-state index in [0.29, 0.717) is 26.2 Å². The lowest BCUT2D eigenvalue weighted by molar-refractivity contribution is -0.150. The highest BCUT2D eigenvalue weighted by Gasteiger charge is 2.50. The van der Waals surface area contributed by atoms with E-state index in [1.807, 2.05) is 0 Å². The van der Waals surface area contributed by atoms with Gasteiger partial charge >= 0.3 is 17.9 Å². The van der Waals surface area contributed by atoms with Gasteiger partial charge in [-0.05, 0) is 27.2 Å². The van der Waals surface area contributed by atoms with E-state index < -0.39 is 0 Å². The minimum absolute atomic E-state index is 0.251. The van der Waals surface area contributed by atoms with Crippen LogP contribution in [0.2, 0.25) is 0 Å². The van der Waals surface area contributed by atoms with E-state index in [1.54, 1.807) is 20.8 Å². The molecule has 0 radical (unpaired) electrons. The maximum atomic E-state index is 11.1. The molecule has 0 amide bonds. The predicted octanol–water partition coefficient (Wildman–Crippen LogP) is 1.48. The van der Waals surface area contributed by atoms with Gasteiger partial charge in [-0.25, -0.2) is 4.79 Å². The Hall–Kier alpha value is -1.85. The van der Waals surface area contributed by atoms with Crippen LogP contribution in [0.15, 0.2) is 12.7 Å². The van der Waals surface area contributed by atoms with Crippen molar-refractivity contribution in [3.05, 3.63) is 12.7 Å². The molecule has 0 aromatic rings. The van der Waals surface area contributed by atoms with Crippen LogP contribution in [-0.4, -0.2) is 37.7 Å². The van der Waals surface area contributed by atoms with Crippen LogP contribution >= 0.6 is 0 Å². The van der Waals surface area contributed by atoms with Crippen LogP contribution in [0.25, 0.3) is 0 Å². The van der Waals surface area contributed by atoms with Crippen LogP contribution in [0.3, 0.4) is 0 Å². The predicted molar refractivity (Wildman–Crippen MR) is 71.7 cm³/mol. The molecule has 0 aromatic heterocycles. The molecule has 0 bridgehead atoms. The Bertz CT molecular complexity index is 328. The Morgan fingerprint density at radius 2 is 1.35 bits per heavy atom. The monoisotopic (exact) mass is 286 g/mol. The van der Waals surface area contributed by atoms with Gasteiger partial charge in [-0.3, -0.25) is 9.59 Å². The molecule has 0 heterocycles. The average Bonchev–Trinajstić information content (AvgIpc) is 3.20. The summed E-state index contributed by atoms with van der Waals surface area (Å²) in [6.45, 7) is 9.61. The van der Waals surface area contributed by atoms with E-state index in [9.17, 15) is 14.4 Å². The quantitative estimate of drug-likeness (QED) is 0.418. The lowest BCUT2D eigenvalue weighted by atomic mass is 10.3. The molecule has 1 rings (SSSR count). The molecule has 1 aliphatic carbocycles. The molecular formula is C14H22O6. The summed E-state index contributed by atoms with van der Waals surface area (Å²) in [6, 6.07) is 0. The fourth-order valence-corrected chi connectivity index (χ4v) is 1.42. The van der Waals surface area contributed by atoms with Crippen molar-refractivity contribution < 1.29 is 28.6 Å². The van der Waals surface area contributed by atoms with Crippen molar-refractivity contribution in [3.63, 3.8) is 0 Å². The molecule has 20 heavy (non-hydrogen) atoms. The van der Waals surface area contributed by atoms with Gasteiger partial charge in [0.15, 0.2) is 0 Å². The fourth-order valence-electron chi connectivity index (χ4n) is 1.42. The van der Waals surface area contributed by atoms with E-state index in [1.165, 1.54) is 0 Å². The third kappa shape index (κ3) is 6.92. The molecule has 1 fully saturated rings. The Kier molecular flexibility index (Phi) is 9.07. The molecule has 2 unspecified atom stereocenters. The van der Waals surface area contributed by atoms with Crippen molar-refractivity contribution in [2.24, 2.45) is 11.8 Å². The van der Waals surface area contributed by atoms with Gasteiger partial charge in [0.25, 0.3) is 0 Å². The average molecular weight is 286 g/mol. The van der Waals surface area contributed by atoms with Gasteiger partial charge < -0.3 is 14.2 Å². The van der Waals surface area contributed by atoms with Crippen molar-refractivity contribution in [3.8, 4) is 0 Å². The standard InChI is InChI=1S/C9H14O4.C5H8O2/c1-3-12-8(10)6-5-7(6)9(11)13-4-2;1-3-5(6)7-4-2/h6-7H,3-5H2,1-2H3;3H,1,4H2,2H3. The summed E-state index contributed by atoms with van der Waals surface area (Å²) in [5.74, 6) is -1.42. The second-order valence-electron chi connectivity index (χ2n) is 3.91. The summed E-state index contributed by atoms with van der Waals surface area (Å²) in [5.41, 5.74) is 0. The maximum absolute atomic E-state index is 11.1. The fraction of sp³-hybridized carbons (Fsp3) is 0.643. The highest BCUT2D eigenvalue weighted by Crippen LogP contribution is 2.40. The molecule has 6 nitrogen and oxygen atoms in total. The summed E-state index contributed by atoms with van der Waals surface area (Å²) in [4.78, 5) is 32.3. The first kappa shape index (κ1) is 18.1. The first-order valence-electron chi connectivity index (χ1n) is 6.64. The largest absolute Gasteiger partial charge is 0.466 e. The number of hydrogen-bond acceptors (Lipinski definition) is 6. The molecule has 1 aliphatic rings. The summed E-state index contributed by atoms with van der Waals surface area (Å²) in [7, 11) is 0. The smallest absolute Gasteiger partial charge is 0.330 e. The van der Waals surface area contributed by atoms with Gasteiger partial charge in [-0.1, -0.05) is 6.58 Å². The highest BCUT2D eigenvalue weighted by atomic mass is 16.5. The number of carbonyl (C=O) groups is 3. The van der Waals surface area contributed by atoms with Crippen molar-refractivity contribution >= 4 is 17.9 Å². The Balaban J connectivity index is 0.000000441. The minimum Gasteiger partial charge on any atom is -0.466 e. The molecule has 0 N–H and O–H groups in total. The molecule has 1 saturated carbocycles. The molecule has 2 atom stereocenters.